The first-order chi connectivity index (χ1) is 14.2. The van der Waals surface area contributed by atoms with Crippen LogP contribution >= 0.6 is 0 Å². The first kappa shape index (κ1) is 11.5. The molecule has 1 unspecified atom stereocenters. The number of aryl methyl sites for hydroxylation is 1. The van der Waals surface area contributed by atoms with Gasteiger partial charge in [0.05, 0.1) is 13.7 Å². The van der Waals surface area contributed by atoms with Crippen molar-refractivity contribution < 1.29 is 9.90 Å². The standard InChI is InChI=1S/C21H20N4O/c1-13(2)24-12-25(21-20(24)22-10-11-23-21)18-14(3)8-9-16-15-6-4-5-7-17(15)26-19(16)18/h4-11,13H,12H2,1-3H3/i1D3,13D. The van der Waals surface area contributed by atoms with Gasteiger partial charge in [-0.05, 0) is 32.3 Å². The van der Waals surface area contributed by atoms with Gasteiger partial charge in [-0.3, -0.25) is 0 Å². The van der Waals surface area contributed by atoms with Crippen molar-refractivity contribution in [3.05, 3.63) is 54.4 Å². The van der Waals surface area contributed by atoms with Crippen LogP contribution in [0.1, 0.15) is 24.8 Å². The lowest BCUT2D eigenvalue weighted by Gasteiger charge is -2.24. The van der Waals surface area contributed by atoms with Crippen molar-refractivity contribution in [1.29, 1.82) is 0 Å². The zero-order valence-electron chi connectivity index (χ0n) is 18.5. The molecule has 1 aliphatic rings. The quantitative estimate of drug-likeness (QED) is 0.509. The number of anilines is 3. The van der Waals surface area contributed by atoms with Gasteiger partial charge >= 0.3 is 0 Å². The van der Waals surface area contributed by atoms with Gasteiger partial charge < -0.3 is 14.2 Å². The maximum Gasteiger partial charge on any atom is 0.178 e. The molecule has 5 rings (SSSR count). The van der Waals surface area contributed by atoms with E-state index in [9.17, 15) is 0 Å². The van der Waals surface area contributed by atoms with Crippen molar-refractivity contribution in [3.8, 4) is 0 Å². The van der Waals surface area contributed by atoms with E-state index >= 15 is 0 Å². The Balaban J connectivity index is 1.74. The Hall–Kier alpha value is -3.08. The van der Waals surface area contributed by atoms with Gasteiger partial charge in [0.2, 0.25) is 0 Å². The Morgan fingerprint density at radius 2 is 1.92 bits per heavy atom. The zero-order valence-corrected chi connectivity index (χ0v) is 14.5. The smallest absolute Gasteiger partial charge is 0.178 e. The molecule has 0 amide bonds. The summed E-state index contributed by atoms with van der Waals surface area (Å²) in [5.41, 5.74) is 3.24. The summed E-state index contributed by atoms with van der Waals surface area (Å²) in [5, 5.41) is 1.98. The number of fused-ring (bicyclic) bond motifs is 4. The fraction of sp³-hybridized carbons (Fsp3) is 0.238. The molecule has 5 heteroatoms. The van der Waals surface area contributed by atoms with Crippen LogP contribution in [0.5, 0.6) is 0 Å². The van der Waals surface area contributed by atoms with Gasteiger partial charge in [-0.25, -0.2) is 9.97 Å². The molecular weight excluding hydrogens is 324 g/mol. The molecule has 0 saturated carbocycles. The Morgan fingerprint density at radius 3 is 2.77 bits per heavy atom. The number of hydrogen-bond acceptors (Lipinski definition) is 5. The highest BCUT2D eigenvalue weighted by atomic mass is 16.3. The maximum absolute atomic E-state index is 8.61. The molecule has 26 heavy (non-hydrogen) atoms. The van der Waals surface area contributed by atoms with Crippen LogP contribution < -0.4 is 9.80 Å². The molecule has 0 saturated heterocycles. The van der Waals surface area contributed by atoms with Gasteiger partial charge in [0.25, 0.3) is 0 Å². The highest BCUT2D eigenvalue weighted by Crippen LogP contribution is 2.44. The Labute approximate surface area is 157 Å². The van der Waals surface area contributed by atoms with Crippen molar-refractivity contribution in [2.24, 2.45) is 0 Å². The van der Waals surface area contributed by atoms with Crippen LogP contribution in [0.2, 0.25) is 0 Å². The van der Waals surface area contributed by atoms with Gasteiger partial charge in [-0.2, -0.15) is 0 Å². The third-order valence-corrected chi connectivity index (χ3v) is 4.85. The first-order valence-corrected chi connectivity index (χ1v) is 8.47. The lowest BCUT2D eigenvalue weighted by molar-refractivity contribution is 0.664. The summed E-state index contributed by atoms with van der Waals surface area (Å²) in [6.45, 7) is 0.966. The van der Waals surface area contributed by atoms with Crippen molar-refractivity contribution in [2.45, 2.75) is 26.7 Å². The van der Waals surface area contributed by atoms with Crippen LogP contribution in [0.15, 0.2) is 53.2 Å². The normalized spacial score (nSPS) is 19.0. The van der Waals surface area contributed by atoms with Crippen molar-refractivity contribution >= 4 is 39.3 Å². The molecule has 2 aromatic carbocycles. The molecule has 130 valence electrons. The summed E-state index contributed by atoms with van der Waals surface area (Å²) in [7, 11) is 0. The fourth-order valence-electron chi connectivity index (χ4n) is 3.63. The molecule has 2 aromatic heterocycles. The van der Waals surface area contributed by atoms with E-state index in [2.05, 4.69) is 9.97 Å². The lowest BCUT2D eigenvalue weighted by atomic mass is 10.1. The van der Waals surface area contributed by atoms with Crippen LogP contribution in [0.4, 0.5) is 17.3 Å². The van der Waals surface area contributed by atoms with Crippen LogP contribution in [-0.4, -0.2) is 22.7 Å². The lowest BCUT2D eigenvalue weighted by Crippen LogP contribution is -2.34. The largest absolute Gasteiger partial charge is 0.454 e. The highest BCUT2D eigenvalue weighted by molar-refractivity contribution is 6.10. The molecule has 3 heterocycles. The van der Waals surface area contributed by atoms with Crippen molar-refractivity contribution in [3.63, 3.8) is 0 Å². The molecule has 5 nitrogen and oxygen atoms in total. The number of benzene rings is 2. The van der Waals surface area contributed by atoms with Gasteiger partial charge in [0.15, 0.2) is 17.2 Å². The minimum Gasteiger partial charge on any atom is -0.454 e. The van der Waals surface area contributed by atoms with Gasteiger partial charge in [-0.15, -0.1) is 0 Å². The van der Waals surface area contributed by atoms with Crippen molar-refractivity contribution in [2.75, 3.05) is 16.5 Å². The molecule has 0 spiro atoms. The summed E-state index contributed by atoms with van der Waals surface area (Å²) in [6, 6.07) is 10.0. The van der Waals surface area contributed by atoms with Crippen LogP contribution in [0.3, 0.4) is 0 Å². The maximum atomic E-state index is 8.61. The van der Waals surface area contributed by atoms with E-state index in [1.165, 1.54) is 18.0 Å². The van der Waals surface area contributed by atoms with E-state index in [1.807, 2.05) is 48.2 Å². The van der Waals surface area contributed by atoms with Crippen LogP contribution in [0.25, 0.3) is 21.9 Å². The van der Waals surface area contributed by atoms with E-state index in [1.54, 1.807) is 6.20 Å². The monoisotopic (exact) mass is 348 g/mol. The number of rotatable bonds is 2. The number of para-hydroxylation sites is 1. The summed E-state index contributed by atoms with van der Waals surface area (Å²) in [5.74, 6) is 0.884. The molecule has 1 aliphatic heterocycles. The molecule has 0 N–H and O–H groups in total. The molecule has 0 aliphatic carbocycles. The van der Waals surface area contributed by atoms with Crippen molar-refractivity contribution in [1.82, 2.24) is 9.97 Å². The fourth-order valence-corrected chi connectivity index (χ4v) is 3.63. The van der Waals surface area contributed by atoms with E-state index in [0.717, 1.165) is 27.6 Å². The number of hydrogen-bond donors (Lipinski definition) is 0. The Kier molecular flexibility index (Phi) is 2.42. The summed E-state index contributed by atoms with van der Waals surface area (Å²) < 4.78 is 38.5. The van der Waals surface area contributed by atoms with E-state index in [-0.39, 0.29) is 6.67 Å². The minimum atomic E-state index is -2.53. The predicted molar refractivity (Wildman–Crippen MR) is 105 cm³/mol. The van der Waals surface area contributed by atoms with E-state index in [0.29, 0.717) is 17.2 Å². The molecule has 0 bridgehead atoms. The summed E-state index contributed by atoms with van der Waals surface area (Å²) in [4.78, 5) is 12.2. The minimum absolute atomic E-state index is 0.134. The number of nitrogens with zero attached hydrogens (tertiary/aromatic N) is 4. The number of aromatic nitrogens is 2. The van der Waals surface area contributed by atoms with Crippen LogP contribution in [-0.2, 0) is 0 Å². The third kappa shape index (κ3) is 2.03. The number of furan rings is 1. The van der Waals surface area contributed by atoms with Gasteiger partial charge in [0.1, 0.15) is 5.58 Å². The SMILES string of the molecule is [2H]C([2H])([2H])C([2H])(C)N1CN(c2c(C)ccc3c2oc2ccccc23)c2nccnc21. The third-order valence-electron chi connectivity index (χ3n) is 4.85. The van der Waals surface area contributed by atoms with Gasteiger partial charge in [0, 0.05) is 33.3 Å². The predicted octanol–water partition coefficient (Wildman–Crippen LogP) is 5.01. The first-order valence-electron chi connectivity index (χ1n) is 10.5. The second-order valence-corrected chi connectivity index (χ2v) is 6.49. The highest BCUT2D eigenvalue weighted by Gasteiger charge is 2.33. The van der Waals surface area contributed by atoms with Gasteiger partial charge in [-0.1, -0.05) is 30.3 Å². The second kappa shape index (κ2) is 5.46. The summed E-state index contributed by atoms with van der Waals surface area (Å²) in [6.07, 6.45) is 3.08. The molecule has 4 aromatic rings. The molecule has 1 atom stereocenters. The summed E-state index contributed by atoms with van der Waals surface area (Å²) >= 11 is 0. The van der Waals surface area contributed by atoms with E-state index < -0.39 is 12.9 Å². The molecule has 0 radical (unpaired) electrons. The molecule has 0 fully saturated rings. The van der Waals surface area contributed by atoms with Crippen LogP contribution in [0, 0.1) is 6.92 Å². The second-order valence-electron chi connectivity index (χ2n) is 6.49. The Morgan fingerprint density at radius 1 is 1.12 bits per heavy atom. The average Bonchev–Trinajstić information content (AvgIpc) is 3.26. The Bertz CT molecular complexity index is 1280. The average molecular weight is 348 g/mol. The molecular formula is C21H20N4O. The van der Waals surface area contributed by atoms with E-state index in [4.69, 9.17) is 9.90 Å². The topological polar surface area (TPSA) is 45.4 Å². The zero-order chi connectivity index (χ0) is 21.3.